The lowest BCUT2D eigenvalue weighted by molar-refractivity contribution is -0.384. The van der Waals surface area contributed by atoms with Gasteiger partial charge in [-0.3, -0.25) is 14.9 Å². The third-order valence-corrected chi connectivity index (χ3v) is 2.39. The highest BCUT2D eigenvalue weighted by molar-refractivity contribution is 6.74. The summed E-state index contributed by atoms with van der Waals surface area (Å²) in [4.78, 5) is 21.5. The second-order valence-corrected chi connectivity index (χ2v) is 5.94. The summed E-state index contributed by atoms with van der Waals surface area (Å²) < 4.78 is -1.74. The molecule has 1 rings (SSSR count). The van der Waals surface area contributed by atoms with E-state index in [4.69, 9.17) is 46.4 Å². The summed E-state index contributed by atoms with van der Waals surface area (Å²) in [6.45, 7) is 0. The number of nitrogens with zero attached hydrogens (tertiary/aromatic N) is 2. The van der Waals surface area contributed by atoms with E-state index in [0.29, 0.717) is 0 Å². The van der Waals surface area contributed by atoms with Crippen LogP contribution in [0, 0.1) is 10.1 Å². The standard InChI is InChI=1S/C9H5Cl4N3O3/c10-7-3-5(16(18)19)1-2-6(7)8(17)15-14-4-9(11,12)13/h1-4H,(H,15,17). The molecule has 1 aromatic rings. The average Bonchev–Trinajstić information content (AvgIpc) is 2.26. The van der Waals surface area contributed by atoms with Gasteiger partial charge in [-0.2, -0.15) is 5.10 Å². The van der Waals surface area contributed by atoms with E-state index in [2.05, 4.69) is 10.5 Å². The Morgan fingerprint density at radius 1 is 1.42 bits per heavy atom. The largest absolute Gasteiger partial charge is 0.272 e. The van der Waals surface area contributed by atoms with Crippen LogP contribution in [0.5, 0.6) is 0 Å². The zero-order valence-electron chi connectivity index (χ0n) is 8.94. The van der Waals surface area contributed by atoms with Gasteiger partial charge in [-0.25, -0.2) is 5.43 Å². The fourth-order valence-corrected chi connectivity index (χ4v) is 1.43. The van der Waals surface area contributed by atoms with E-state index in [1.165, 1.54) is 6.07 Å². The van der Waals surface area contributed by atoms with Crippen molar-refractivity contribution in [2.24, 2.45) is 5.10 Å². The first-order valence-corrected chi connectivity index (χ1v) is 6.07. The molecule has 0 aliphatic carbocycles. The second kappa shape index (κ2) is 6.38. The zero-order chi connectivity index (χ0) is 14.6. The predicted octanol–water partition coefficient (Wildman–Crippen LogP) is 3.33. The number of halogens is 4. The molecule has 19 heavy (non-hydrogen) atoms. The monoisotopic (exact) mass is 343 g/mol. The first-order valence-electron chi connectivity index (χ1n) is 4.56. The molecule has 0 radical (unpaired) electrons. The number of hydrazone groups is 1. The fraction of sp³-hybridized carbons (Fsp3) is 0.111. The molecule has 1 N–H and O–H groups in total. The maximum absolute atomic E-state index is 11.6. The van der Waals surface area contributed by atoms with Crippen molar-refractivity contribution in [3.8, 4) is 0 Å². The number of nitro groups is 1. The molecule has 10 heteroatoms. The first-order chi connectivity index (χ1) is 8.70. The van der Waals surface area contributed by atoms with Crippen molar-refractivity contribution in [1.82, 2.24) is 5.43 Å². The summed E-state index contributed by atoms with van der Waals surface area (Å²) in [7, 11) is 0. The molecule has 0 aromatic heterocycles. The maximum Gasteiger partial charge on any atom is 0.272 e. The summed E-state index contributed by atoms with van der Waals surface area (Å²) >= 11 is 21.9. The number of amides is 1. The van der Waals surface area contributed by atoms with Gasteiger partial charge < -0.3 is 0 Å². The number of nitro benzene ring substituents is 1. The van der Waals surface area contributed by atoms with Crippen LogP contribution >= 0.6 is 46.4 Å². The number of hydrogen-bond acceptors (Lipinski definition) is 4. The molecule has 0 unspecified atom stereocenters. The lowest BCUT2D eigenvalue weighted by Crippen LogP contribution is -2.19. The lowest BCUT2D eigenvalue weighted by Gasteiger charge is -2.04. The van der Waals surface area contributed by atoms with Crippen LogP contribution in [0.3, 0.4) is 0 Å². The third-order valence-electron chi connectivity index (χ3n) is 1.79. The fourth-order valence-electron chi connectivity index (χ4n) is 1.03. The lowest BCUT2D eigenvalue weighted by atomic mass is 10.2. The Hall–Kier alpha value is -1.08. The number of carbonyl (C=O) groups excluding carboxylic acids is 1. The van der Waals surface area contributed by atoms with Crippen molar-refractivity contribution < 1.29 is 9.72 Å². The quantitative estimate of drug-likeness (QED) is 0.395. The van der Waals surface area contributed by atoms with Gasteiger partial charge in [-0.1, -0.05) is 46.4 Å². The van der Waals surface area contributed by atoms with E-state index in [1.54, 1.807) is 0 Å². The van der Waals surface area contributed by atoms with Gasteiger partial charge >= 0.3 is 0 Å². The highest BCUT2D eigenvalue weighted by Crippen LogP contribution is 2.23. The van der Waals surface area contributed by atoms with E-state index in [0.717, 1.165) is 18.3 Å². The van der Waals surface area contributed by atoms with Crippen LogP contribution in [-0.2, 0) is 0 Å². The molecule has 0 spiro atoms. The van der Waals surface area contributed by atoms with Gasteiger partial charge in [-0.15, -0.1) is 0 Å². The highest BCUT2D eigenvalue weighted by Gasteiger charge is 2.17. The summed E-state index contributed by atoms with van der Waals surface area (Å²) in [5.74, 6) is -0.689. The molecular weight excluding hydrogens is 340 g/mol. The van der Waals surface area contributed by atoms with Crippen LogP contribution in [-0.4, -0.2) is 20.8 Å². The minimum atomic E-state index is -1.74. The van der Waals surface area contributed by atoms with Crippen molar-refractivity contribution in [3.05, 3.63) is 38.9 Å². The Morgan fingerprint density at radius 2 is 2.05 bits per heavy atom. The molecule has 0 bridgehead atoms. The number of benzene rings is 1. The highest BCUT2D eigenvalue weighted by atomic mass is 35.6. The topological polar surface area (TPSA) is 84.6 Å². The van der Waals surface area contributed by atoms with Crippen LogP contribution in [0.2, 0.25) is 5.02 Å². The molecule has 0 aliphatic heterocycles. The predicted molar refractivity (Wildman–Crippen MR) is 74.4 cm³/mol. The van der Waals surface area contributed by atoms with Gasteiger partial charge in [0.15, 0.2) is 0 Å². The molecule has 102 valence electrons. The zero-order valence-corrected chi connectivity index (χ0v) is 12.0. The summed E-state index contributed by atoms with van der Waals surface area (Å²) in [5, 5.41) is 13.8. The number of nitrogens with one attached hydrogen (secondary N) is 1. The normalized spacial score (nSPS) is 11.6. The van der Waals surface area contributed by atoms with Gasteiger partial charge in [0.05, 0.1) is 21.7 Å². The number of carbonyl (C=O) groups is 1. The Kier molecular flexibility index (Phi) is 5.37. The number of alkyl halides is 3. The van der Waals surface area contributed by atoms with Crippen LogP contribution in [0.25, 0.3) is 0 Å². The van der Waals surface area contributed by atoms with Crippen molar-refractivity contribution in [1.29, 1.82) is 0 Å². The number of non-ortho nitro benzene ring substituents is 1. The molecule has 0 aliphatic rings. The number of hydrogen-bond donors (Lipinski definition) is 1. The SMILES string of the molecule is O=C(NN=CC(Cl)(Cl)Cl)c1ccc([N+](=O)[O-])cc1Cl. The van der Waals surface area contributed by atoms with E-state index in [1.807, 2.05) is 0 Å². The van der Waals surface area contributed by atoms with Crippen molar-refractivity contribution in [3.63, 3.8) is 0 Å². The Bertz CT molecular complexity index is 542. The van der Waals surface area contributed by atoms with Gasteiger partial charge in [0.25, 0.3) is 11.6 Å². The molecule has 0 saturated heterocycles. The Balaban J connectivity index is 2.84. The van der Waals surface area contributed by atoms with Crippen molar-refractivity contribution in [2.45, 2.75) is 3.79 Å². The molecule has 0 fully saturated rings. The van der Waals surface area contributed by atoms with E-state index in [-0.39, 0.29) is 16.3 Å². The van der Waals surface area contributed by atoms with Gasteiger partial charge in [0.2, 0.25) is 3.79 Å². The smallest absolute Gasteiger partial charge is 0.267 e. The molecule has 0 heterocycles. The van der Waals surface area contributed by atoms with Crippen LogP contribution in [0.1, 0.15) is 10.4 Å². The summed E-state index contributed by atoms with van der Waals surface area (Å²) in [5.41, 5.74) is 1.85. The minimum Gasteiger partial charge on any atom is -0.267 e. The van der Waals surface area contributed by atoms with Crippen LogP contribution < -0.4 is 5.43 Å². The Morgan fingerprint density at radius 3 is 2.53 bits per heavy atom. The number of rotatable bonds is 3. The molecule has 1 aromatic carbocycles. The van der Waals surface area contributed by atoms with Crippen LogP contribution in [0.15, 0.2) is 23.3 Å². The van der Waals surface area contributed by atoms with Crippen molar-refractivity contribution in [2.75, 3.05) is 0 Å². The van der Waals surface area contributed by atoms with Gasteiger partial charge in [0.1, 0.15) is 0 Å². The summed E-state index contributed by atoms with van der Waals surface area (Å²) in [6.07, 6.45) is 0.884. The molecule has 0 saturated carbocycles. The first kappa shape index (κ1) is 16.0. The maximum atomic E-state index is 11.6. The van der Waals surface area contributed by atoms with Crippen molar-refractivity contribution >= 4 is 64.2 Å². The van der Waals surface area contributed by atoms with E-state index in [9.17, 15) is 14.9 Å². The molecular formula is C9H5Cl4N3O3. The summed E-state index contributed by atoms with van der Waals surface area (Å²) in [6, 6.07) is 3.38. The van der Waals surface area contributed by atoms with Crippen LogP contribution in [0.4, 0.5) is 5.69 Å². The van der Waals surface area contributed by atoms with E-state index >= 15 is 0 Å². The molecule has 0 atom stereocenters. The van der Waals surface area contributed by atoms with E-state index < -0.39 is 14.6 Å². The average molecular weight is 345 g/mol. The molecule has 6 nitrogen and oxygen atoms in total. The molecule has 1 amide bonds. The Labute approximate surface area is 127 Å². The van der Waals surface area contributed by atoms with Gasteiger partial charge in [-0.05, 0) is 6.07 Å². The third kappa shape index (κ3) is 5.20. The van der Waals surface area contributed by atoms with Gasteiger partial charge in [0, 0.05) is 12.1 Å². The second-order valence-electron chi connectivity index (χ2n) is 3.16. The minimum absolute atomic E-state index is 0.00809.